The van der Waals surface area contributed by atoms with Crippen LogP contribution in [0.5, 0.6) is 0 Å². The summed E-state index contributed by atoms with van der Waals surface area (Å²) in [4.78, 5) is 1.22. The fraction of sp³-hybridized carbons (Fsp3) is 0.667. The lowest BCUT2D eigenvalue weighted by Crippen LogP contribution is -2.54. The highest BCUT2D eigenvalue weighted by molar-refractivity contribution is 7.99. The number of ether oxygens (including phenoxy) is 3. The smallest absolute Gasteiger partial charge is 0.136 e. The Hall–Kier alpha value is -0.810. The summed E-state index contributed by atoms with van der Waals surface area (Å²) in [7, 11) is 3.64. The molecular weight excluding hydrogens is 368 g/mol. The Morgan fingerprint density at radius 1 is 0.821 bits per heavy atom. The second kappa shape index (κ2) is 12.0. The molecule has 1 aromatic rings. The van der Waals surface area contributed by atoms with Crippen molar-refractivity contribution in [3.05, 3.63) is 42.5 Å². The molecule has 0 spiro atoms. The van der Waals surface area contributed by atoms with Crippen molar-refractivity contribution < 1.29 is 14.2 Å². The summed E-state index contributed by atoms with van der Waals surface area (Å²) in [6, 6.07) is 10.5. The Labute approximate surface area is 175 Å². The van der Waals surface area contributed by atoms with Crippen LogP contribution in [0.4, 0.5) is 0 Å². The highest BCUT2D eigenvalue weighted by Gasteiger charge is 2.46. The van der Waals surface area contributed by atoms with Gasteiger partial charge in [0.2, 0.25) is 0 Å². The highest BCUT2D eigenvalue weighted by Crippen LogP contribution is 2.41. The van der Waals surface area contributed by atoms with Crippen molar-refractivity contribution in [1.82, 2.24) is 0 Å². The zero-order valence-corrected chi connectivity index (χ0v) is 18.2. The third-order valence-corrected chi connectivity index (χ3v) is 7.18. The molecule has 0 N–H and O–H groups in total. The van der Waals surface area contributed by atoms with E-state index in [-0.39, 0.29) is 23.7 Å². The first-order valence-corrected chi connectivity index (χ1v) is 11.8. The van der Waals surface area contributed by atoms with E-state index in [2.05, 4.69) is 42.5 Å². The molecule has 4 heteroatoms. The molecule has 3 nitrogen and oxygen atoms in total. The second-order valence-corrected chi connectivity index (χ2v) is 9.10. The largest absolute Gasteiger partial charge is 0.378 e. The van der Waals surface area contributed by atoms with Crippen molar-refractivity contribution in [2.75, 3.05) is 14.2 Å². The van der Waals surface area contributed by atoms with E-state index in [1.807, 2.05) is 7.11 Å². The number of hydrogen-bond acceptors (Lipinski definition) is 4. The summed E-state index contributed by atoms with van der Waals surface area (Å²) in [5.74, 6) is 0.410. The van der Waals surface area contributed by atoms with Crippen LogP contribution in [0.3, 0.4) is 0 Å². The SMILES string of the molecule is CO[C@@H]1[C@@H](OC)[C@@H]2CCCC/C=C\CCCCC[C@H]2O[C@H]1Sc1ccccc1. The number of thioether (sulfide) groups is 1. The number of benzene rings is 1. The molecule has 1 heterocycles. The molecule has 1 aliphatic heterocycles. The predicted octanol–water partition coefficient (Wildman–Crippen LogP) is 6.23. The van der Waals surface area contributed by atoms with Crippen LogP contribution in [0.15, 0.2) is 47.4 Å². The molecule has 0 aromatic heterocycles. The maximum absolute atomic E-state index is 6.71. The van der Waals surface area contributed by atoms with Crippen LogP contribution in [0.2, 0.25) is 0 Å². The molecule has 0 saturated carbocycles. The quantitative estimate of drug-likeness (QED) is 0.556. The van der Waals surface area contributed by atoms with E-state index >= 15 is 0 Å². The third-order valence-electron chi connectivity index (χ3n) is 6.02. The van der Waals surface area contributed by atoms with Crippen molar-refractivity contribution in [1.29, 1.82) is 0 Å². The van der Waals surface area contributed by atoms with Crippen LogP contribution in [0.1, 0.15) is 57.8 Å². The topological polar surface area (TPSA) is 27.7 Å². The van der Waals surface area contributed by atoms with Gasteiger partial charge >= 0.3 is 0 Å². The minimum absolute atomic E-state index is 0.0315. The molecule has 5 atom stereocenters. The number of fused-ring (bicyclic) bond motifs is 1. The first-order chi connectivity index (χ1) is 13.8. The predicted molar refractivity (Wildman–Crippen MR) is 117 cm³/mol. The van der Waals surface area contributed by atoms with Crippen LogP contribution in [0.25, 0.3) is 0 Å². The normalized spacial score (nSPS) is 33.7. The van der Waals surface area contributed by atoms with Crippen molar-refractivity contribution in [3.8, 4) is 0 Å². The highest BCUT2D eigenvalue weighted by atomic mass is 32.2. The third kappa shape index (κ3) is 6.09. The van der Waals surface area contributed by atoms with Gasteiger partial charge in [-0.25, -0.2) is 0 Å². The second-order valence-electron chi connectivity index (χ2n) is 7.93. The van der Waals surface area contributed by atoms with Crippen molar-refractivity contribution in [2.24, 2.45) is 5.92 Å². The first kappa shape index (κ1) is 21.9. The summed E-state index contributed by atoms with van der Waals surface area (Å²) in [6.07, 6.45) is 16.0. The standard InChI is InChI=1S/C24H36O3S/c1-25-22-20-17-13-8-6-4-3-5-7-9-14-18-21(20)27-24(23(22)26-2)28-19-15-11-10-12-16-19/h3-4,10-12,15-16,20-24H,5-9,13-14,17-18H2,1-2H3/b4-3-/t20-,21-,22+,23-,24+/m1/s1. The molecule has 1 aromatic carbocycles. The van der Waals surface area contributed by atoms with Crippen LogP contribution >= 0.6 is 11.8 Å². The van der Waals surface area contributed by atoms with Gasteiger partial charge in [0.1, 0.15) is 11.5 Å². The summed E-state index contributed by atoms with van der Waals surface area (Å²) in [6.45, 7) is 0. The zero-order chi connectivity index (χ0) is 19.6. The summed E-state index contributed by atoms with van der Waals surface area (Å²) < 4.78 is 18.7. The Morgan fingerprint density at radius 3 is 2.21 bits per heavy atom. The van der Waals surface area contributed by atoms with Crippen molar-refractivity contribution in [2.45, 2.75) is 86.4 Å². The number of hydrogen-bond donors (Lipinski definition) is 0. The van der Waals surface area contributed by atoms with E-state index in [9.17, 15) is 0 Å². The van der Waals surface area contributed by atoms with Gasteiger partial charge in [0, 0.05) is 25.0 Å². The minimum Gasteiger partial charge on any atom is -0.378 e. The van der Waals surface area contributed by atoms with Crippen LogP contribution in [-0.2, 0) is 14.2 Å². The lowest BCUT2D eigenvalue weighted by Gasteiger charge is -2.46. The Kier molecular flexibility index (Phi) is 9.39. The van der Waals surface area contributed by atoms with E-state index in [4.69, 9.17) is 14.2 Å². The van der Waals surface area contributed by atoms with E-state index in [1.54, 1.807) is 18.9 Å². The number of rotatable bonds is 4. The molecule has 1 aliphatic carbocycles. The van der Waals surface area contributed by atoms with Crippen molar-refractivity contribution in [3.63, 3.8) is 0 Å². The van der Waals surface area contributed by atoms with Gasteiger partial charge < -0.3 is 14.2 Å². The van der Waals surface area contributed by atoms with Gasteiger partial charge in [0.05, 0.1) is 12.2 Å². The molecule has 1 saturated heterocycles. The van der Waals surface area contributed by atoms with E-state index in [1.165, 1.54) is 49.8 Å². The molecule has 2 aliphatic rings. The maximum Gasteiger partial charge on any atom is 0.136 e. The Morgan fingerprint density at radius 2 is 1.50 bits per heavy atom. The first-order valence-electron chi connectivity index (χ1n) is 10.9. The van der Waals surface area contributed by atoms with Gasteiger partial charge in [-0.2, -0.15) is 0 Å². The van der Waals surface area contributed by atoms with Crippen LogP contribution in [0, 0.1) is 5.92 Å². The molecule has 28 heavy (non-hydrogen) atoms. The summed E-state index contributed by atoms with van der Waals surface area (Å²) in [5, 5.41) is 0. The average Bonchev–Trinajstić information content (AvgIpc) is 2.75. The fourth-order valence-electron chi connectivity index (χ4n) is 4.54. The van der Waals surface area contributed by atoms with Crippen molar-refractivity contribution >= 4 is 11.8 Å². The Balaban J connectivity index is 1.75. The number of allylic oxidation sites excluding steroid dienone is 2. The average molecular weight is 405 g/mol. The molecule has 0 bridgehead atoms. The van der Waals surface area contributed by atoms with E-state index in [0.29, 0.717) is 5.92 Å². The van der Waals surface area contributed by atoms with Gasteiger partial charge in [-0.05, 0) is 50.7 Å². The minimum atomic E-state index is -0.0490. The molecule has 0 radical (unpaired) electrons. The molecular formula is C24H36O3S. The van der Waals surface area contributed by atoms with Gasteiger partial charge in [-0.1, -0.05) is 61.4 Å². The molecule has 0 amide bonds. The van der Waals surface area contributed by atoms with E-state index in [0.717, 1.165) is 12.8 Å². The van der Waals surface area contributed by atoms with Crippen LogP contribution in [-0.4, -0.2) is 38.0 Å². The maximum atomic E-state index is 6.71. The molecule has 156 valence electrons. The number of methoxy groups -OCH3 is 2. The monoisotopic (exact) mass is 404 g/mol. The molecule has 3 rings (SSSR count). The van der Waals surface area contributed by atoms with Gasteiger partial charge in [-0.15, -0.1) is 0 Å². The zero-order valence-electron chi connectivity index (χ0n) is 17.4. The summed E-state index contributed by atoms with van der Waals surface area (Å²) in [5.41, 5.74) is -0.0315. The summed E-state index contributed by atoms with van der Waals surface area (Å²) >= 11 is 1.77. The Bertz CT molecular complexity index is 576. The molecule has 0 unspecified atom stereocenters. The van der Waals surface area contributed by atoms with Gasteiger partial charge in [0.15, 0.2) is 0 Å². The fourth-order valence-corrected chi connectivity index (χ4v) is 5.72. The van der Waals surface area contributed by atoms with E-state index < -0.39 is 0 Å². The molecule has 1 fully saturated rings. The van der Waals surface area contributed by atoms with Gasteiger partial charge in [0.25, 0.3) is 0 Å². The lowest BCUT2D eigenvalue weighted by molar-refractivity contribution is -0.193. The lowest BCUT2D eigenvalue weighted by atomic mass is 9.83. The van der Waals surface area contributed by atoms with Crippen LogP contribution < -0.4 is 0 Å². The van der Waals surface area contributed by atoms with Gasteiger partial charge in [-0.3, -0.25) is 0 Å².